The Kier molecular flexibility index (Phi) is 3.51. The molecule has 6 nitrogen and oxygen atoms in total. The highest BCUT2D eigenvalue weighted by atomic mass is 19.1. The molecule has 0 atom stereocenters. The lowest BCUT2D eigenvalue weighted by Crippen LogP contribution is -2.44. The first-order chi connectivity index (χ1) is 13.5. The van der Waals surface area contributed by atoms with E-state index in [2.05, 4.69) is 0 Å². The van der Waals surface area contributed by atoms with Gasteiger partial charge in [0, 0.05) is 25.9 Å². The number of ether oxygens (including phenoxy) is 4. The van der Waals surface area contributed by atoms with Crippen molar-refractivity contribution in [2.24, 2.45) is 0 Å². The summed E-state index contributed by atoms with van der Waals surface area (Å²) < 4.78 is 66.6. The van der Waals surface area contributed by atoms with Gasteiger partial charge in [0.1, 0.15) is 26.9 Å². The highest BCUT2D eigenvalue weighted by molar-refractivity contribution is 5.68. The Labute approximate surface area is 151 Å². The van der Waals surface area contributed by atoms with Crippen molar-refractivity contribution in [1.29, 1.82) is 0 Å². The molecule has 1 aromatic carbocycles. The zero-order valence-electron chi connectivity index (χ0n) is 18.3. The van der Waals surface area contributed by atoms with Crippen molar-refractivity contribution in [2.75, 3.05) is 13.1 Å². The molecule has 25 heavy (non-hydrogen) atoms. The van der Waals surface area contributed by atoms with Gasteiger partial charge < -0.3 is 23.8 Å². The summed E-state index contributed by atoms with van der Waals surface area (Å²) in [7, 11) is 0. The fourth-order valence-electron chi connectivity index (χ4n) is 2.47. The van der Waals surface area contributed by atoms with Gasteiger partial charge in [-0.15, -0.1) is 0 Å². The van der Waals surface area contributed by atoms with E-state index in [0.717, 1.165) is 0 Å². The van der Waals surface area contributed by atoms with E-state index in [-0.39, 0.29) is 0 Å². The van der Waals surface area contributed by atoms with E-state index >= 15 is 0 Å². The molecule has 0 N–H and O–H groups in total. The van der Waals surface area contributed by atoms with Gasteiger partial charge in [0.05, 0.1) is 2.74 Å². The van der Waals surface area contributed by atoms with Crippen molar-refractivity contribution in [1.82, 2.24) is 4.90 Å². The van der Waals surface area contributed by atoms with Crippen molar-refractivity contribution in [3.8, 4) is 17.2 Å². The molecule has 3 rings (SSSR count). The first kappa shape index (κ1) is 12.9. The Bertz CT molecular complexity index is 863. The number of rotatable bonds is 2. The minimum Gasteiger partial charge on any atom is -0.487 e. The second-order valence-corrected chi connectivity index (χ2v) is 6.74. The second kappa shape index (κ2) is 6.82. The van der Waals surface area contributed by atoms with E-state index in [1.165, 1.54) is 4.90 Å². The molecular formula is C18H22FNO5. The van der Waals surface area contributed by atoms with Gasteiger partial charge >= 0.3 is 6.09 Å². The molecule has 2 aliphatic rings. The summed E-state index contributed by atoms with van der Waals surface area (Å²) in [4.78, 5) is 13.7. The van der Waals surface area contributed by atoms with Gasteiger partial charge in [-0.2, -0.15) is 4.39 Å². The van der Waals surface area contributed by atoms with Crippen LogP contribution in [0.5, 0.6) is 17.2 Å². The predicted molar refractivity (Wildman–Crippen MR) is 88.3 cm³/mol. The van der Waals surface area contributed by atoms with Gasteiger partial charge in [-0.05, 0) is 32.9 Å². The summed E-state index contributed by atoms with van der Waals surface area (Å²) in [5.41, 5.74) is -0.604. The number of carbonyl (C=O) groups excluding carboxylic acids is 1. The van der Waals surface area contributed by atoms with Crippen LogP contribution in [0, 0.1) is 5.82 Å². The number of nitrogens with zero attached hydrogens (tertiary/aromatic N) is 1. The number of amides is 1. The third-order valence-electron chi connectivity index (χ3n) is 3.62. The third-order valence-corrected chi connectivity index (χ3v) is 3.62. The van der Waals surface area contributed by atoms with Crippen LogP contribution in [0.3, 0.4) is 0 Å². The van der Waals surface area contributed by atoms with E-state index in [9.17, 15) is 9.18 Å². The minimum atomic E-state index is -1.06. The number of fused-ring (bicyclic) bond motifs is 1. The van der Waals surface area contributed by atoms with Crippen LogP contribution in [-0.2, 0) is 4.74 Å². The largest absolute Gasteiger partial charge is 0.487 e. The fraction of sp³-hybridized carbons (Fsp3) is 0.500. The maximum Gasteiger partial charge on any atom is 0.410 e. The molecule has 0 spiro atoms. The van der Waals surface area contributed by atoms with Crippen LogP contribution < -0.4 is 14.2 Å². The van der Waals surface area contributed by atoms with Gasteiger partial charge in [-0.3, -0.25) is 0 Å². The molecule has 0 saturated carbocycles. The molecule has 1 amide bonds. The van der Waals surface area contributed by atoms with Gasteiger partial charge in [-0.1, -0.05) is 0 Å². The highest BCUT2D eigenvalue weighted by Crippen LogP contribution is 2.38. The van der Waals surface area contributed by atoms with Gasteiger partial charge in [0.25, 0.3) is 0 Å². The number of piperidine rings is 1. The maximum atomic E-state index is 14.9. The van der Waals surface area contributed by atoms with Crippen LogP contribution in [-0.4, -0.2) is 35.8 Å². The molecule has 0 aliphatic carbocycles. The smallest absolute Gasteiger partial charge is 0.410 e. The summed E-state index contributed by atoms with van der Waals surface area (Å²) in [6, 6.07) is -1.04. The first-order valence-corrected chi connectivity index (χ1v) is 7.98. The molecule has 1 aromatic rings. The number of benzene rings is 1. The molecule has 0 aromatic heterocycles. The highest BCUT2D eigenvalue weighted by Gasteiger charge is 2.29. The fourth-order valence-corrected chi connectivity index (χ4v) is 2.47. The molecule has 1 saturated heterocycles. The minimum absolute atomic E-state index is 0.342. The quantitative estimate of drug-likeness (QED) is 0.807. The van der Waals surface area contributed by atoms with Crippen LogP contribution in [0.4, 0.5) is 9.18 Å². The Hall–Kier alpha value is -2.44. The lowest BCUT2D eigenvalue weighted by molar-refractivity contribution is 0.0123. The number of likely N-dealkylation sites (tertiary alicyclic amines) is 1. The standard InChI is InChI=1S/C18H22FNO5/c1-18(2,3)25-17(21)20-8-6-12(7-9-20)24-13-4-5-14-16(15(13)19)23-11-10-22-14/h4-5,10-12H,6-9H2,1-3H3/i4D,5D,10D,11D. The molecule has 0 radical (unpaired) electrons. The average Bonchev–Trinajstić information content (AvgIpc) is 2.64. The molecular weight excluding hydrogens is 329 g/mol. The van der Waals surface area contributed by atoms with Crippen molar-refractivity contribution in [3.05, 3.63) is 30.4 Å². The Morgan fingerprint density at radius 2 is 1.96 bits per heavy atom. The summed E-state index contributed by atoms with van der Waals surface area (Å²) in [6.07, 6.45) is -1.51. The van der Waals surface area contributed by atoms with Crippen LogP contribution in [0.15, 0.2) is 24.6 Å². The maximum absolute atomic E-state index is 14.9. The van der Waals surface area contributed by atoms with E-state index < -0.39 is 65.4 Å². The van der Waals surface area contributed by atoms with Crippen molar-refractivity contribution in [3.63, 3.8) is 0 Å². The first-order valence-electron chi connectivity index (χ1n) is 9.98. The molecule has 136 valence electrons. The van der Waals surface area contributed by atoms with Gasteiger partial charge in [0.2, 0.25) is 11.6 Å². The molecule has 7 heteroatoms. The third kappa shape index (κ3) is 4.15. The van der Waals surface area contributed by atoms with Gasteiger partial charge in [0.15, 0.2) is 11.5 Å². The van der Waals surface area contributed by atoms with E-state index in [4.69, 9.17) is 24.4 Å². The van der Waals surface area contributed by atoms with Crippen molar-refractivity contribution in [2.45, 2.75) is 45.3 Å². The monoisotopic (exact) mass is 355 g/mol. The Morgan fingerprint density at radius 3 is 2.64 bits per heavy atom. The topological polar surface area (TPSA) is 57.2 Å². The van der Waals surface area contributed by atoms with Crippen LogP contribution in [0.25, 0.3) is 0 Å². The zero-order valence-corrected chi connectivity index (χ0v) is 14.3. The normalized spacial score (nSPS) is 20.4. The van der Waals surface area contributed by atoms with Crippen molar-refractivity contribution >= 4 is 6.09 Å². The summed E-state index contributed by atoms with van der Waals surface area (Å²) >= 11 is 0. The Morgan fingerprint density at radius 1 is 1.28 bits per heavy atom. The molecule has 0 bridgehead atoms. The predicted octanol–water partition coefficient (Wildman–Crippen LogP) is 3.85. The molecule has 1 fully saturated rings. The van der Waals surface area contributed by atoms with E-state index in [1.54, 1.807) is 20.8 Å². The second-order valence-electron chi connectivity index (χ2n) is 6.74. The molecule has 2 aliphatic heterocycles. The zero-order chi connectivity index (χ0) is 21.5. The number of hydrogen-bond donors (Lipinski definition) is 0. The number of halogens is 1. The summed E-state index contributed by atoms with van der Waals surface area (Å²) in [5, 5.41) is 0. The lowest BCUT2D eigenvalue weighted by Gasteiger charge is -2.33. The number of hydrogen-bond acceptors (Lipinski definition) is 5. The average molecular weight is 355 g/mol. The van der Waals surface area contributed by atoms with E-state index in [1.807, 2.05) is 0 Å². The van der Waals surface area contributed by atoms with Crippen LogP contribution >= 0.6 is 0 Å². The van der Waals surface area contributed by atoms with Crippen LogP contribution in [0.1, 0.15) is 39.1 Å². The van der Waals surface area contributed by atoms with E-state index in [0.29, 0.717) is 25.9 Å². The SMILES string of the molecule is [2H]C1=C([2H])Oc2c(F)c(OC3CCN(C(=O)OC(C)(C)C)CC3)c([2H])c([2H])c2O1. The Balaban J connectivity index is 1.72. The van der Waals surface area contributed by atoms with Crippen LogP contribution in [0.2, 0.25) is 0 Å². The van der Waals surface area contributed by atoms with Gasteiger partial charge in [-0.25, -0.2) is 4.79 Å². The summed E-state index contributed by atoms with van der Waals surface area (Å²) in [5.74, 6) is -2.52. The molecule has 0 unspecified atom stereocenters. The summed E-state index contributed by atoms with van der Waals surface area (Å²) in [6.45, 7) is 6.02. The lowest BCUT2D eigenvalue weighted by atomic mass is 10.1. The van der Waals surface area contributed by atoms with Crippen molar-refractivity contribution < 1.29 is 33.6 Å². The number of carbonyl (C=O) groups is 1. The molecule has 2 heterocycles.